The molecule has 3 aromatic carbocycles. The number of ether oxygens (including phenoxy) is 1. The van der Waals surface area contributed by atoms with E-state index in [2.05, 4.69) is 21.0 Å². The van der Waals surface area contributed by atoms with Crippen LogP contribution in [-0.2, 0) is 23.2 Å². The molecule has 4 aromatic rings. The van der Waals surface area contributed by atoms with Crippen molar-refractivity contribution < 1.29 is 19.1 Å². The van der Waals surface area contributed by atoms with E-state index in [0.29, 0.717) is 16.9 Å². The van der Waals surface area contributed by atoms with Crippen molar-refractivity contribution in [3.8, 4) is 16.9 Å². The maximum absolute atomic E-state index is 13.3. The van der Waals surface area contributed by atoms with Gasteiger partial charge in [-0.2, -0.15) is 5.10 Å². The Labute approximate surface area is 239 Å². The van der Waals surface area contributed by atoms with Gasteiger partial charge in [0, 0.05) is 37.0 Å². The average Bonchev–Trinajstić information content (AvgIpc) is 3.44. The maximum Gasteiger partial charge on any atom is 0.252 e. The molecule has 0 spiro atoms. The lowest BCUT2D eigenvalue weighted by Crippen LogP contribution is -2.36. The summed E-state index contributed by atoms with van der Waals surface area (Å²) >= 11 is 0. The summed E-state index contributed by atoms with van der Waals surface area (Å²) in [6, 6.07) is 22.0. The Morgan fingerprint density at radius 1 is 0.976 bits per heavy atom. The van der Waals surface area contributed by atoms with E-state index >= 15 is 0 Å². The Bertz CT molecular complexity index is 1540. The zero-order chi connectivity index (χ0) is 29.2. The zero-order valence-electron chi connectivity index (χ0n) is 23.3. The van der Waals surface area contributed by atoms with Gasteiger partial charge in [0.05, 0.1) is 25.9 Å². The maximum atomic E-state index is 13.3. The lowest BCUT2D eigenvalue weighted by molar-refractivity contribution is -0.124. The number of hydrogen-bond donors (Lipinski definition) is 3. The van der Waals surface area contributed by atoms with Crippen molar-refractivity contribution in [2.24, 2.45) is 7.05 Å². The van der Waals surface area contributed by atoms with Gasteiger partial charge in [-0.05, 0) is 59.5 Å². The number of carbonyl (C=O) groups excluding carboxylic acids is 3. The van der Waals surface area contributed by atoms with Crippen molar-refractivity contribution in [2.75, 3.05) is 13.7 Å². The fraction of sp³-hybridized carbons (Fsp3) is 0.188. The molecule has 210 valence electrons. The summed E-state index contributed by atoms with van der Waals surface area (Å²) in [6.07, 6.45) is 6.75. The third-order valence-corrected chi connectivity index (χ3v) is 6.44. The highest BCUT2D eigenvalue weighted by Gasteiger charge is 2.17. The monoisotopic (exact) mass is 551 g/mol. The van der Waals surface area contributed by atoms with Gasteiger partial charge in [0.2, 0.25) is 11.8 Å². The van der Waals surface area contributed by atoms with Crippen molar-refractivity contribution >= 4 is 23.8 Å². The van der Waals surface area contributed by atoms with Crippen LogP contribution in [0.4, 0.5) is 0 Å². The van der Waals surface area contributed by atoms with Gasteiger partial charge in [0.1, 0.15) is 5.75 Å². The Balaban J connectivity index is 1.35. The molecule has 3 N–H and O–H groups in total. The second-order valence-corrected chi connectivity index (χ2v) is 9.49. The summed E-state index contributed by atoms with van der Waals surface area (Å²) in [7, 11) is 3.46. The minimum Gasteiger partial charge on any atom is -0.497 e. The number of carbonyl (C=O) groups is 3. The van der Waals surface area contributed by atoms with Gasteiger partial charge in [-0.25, -0.2) is 0 Å². The fourth-order valence-corrected chi connectivity index (χ4v) is 4.20. The number of rotatable bonds is 11. The minimum absolute atomic E-state index is 0.136. The standard InChI is InChI=1S/C32H33N5O4/c1-22(25-15-26(17-28(16-25)41-3)27-19-35-37(2)21-27)36-32(40)29-12-8-7-11-24(29)18-33-31(39)20-34-30(38)14-13-23-9-5-4-6-10-23/h4-17,19,21-22H,18,20H2,1-3H3,(H,33,39)(H,34,38)(H,36,40)/b14-13+. The van der Waals surface area contributed by atoms with Crippen LogP contribution >= 0.6 is 0 Å². The Morgan fingerprint density at radius 2 is 1.73 bits per heavy atom. The van der Waals surface area contributed by atoms with Crippen molar-refractivity contribution in [1.29, 1.82) is 0 Å². The molecule has 1 atom stereocenters. The second-order valence-electron chi connectivity index (χ2n) is 9.49. The molecule has 0 bridgehead atoms. The molecule has 0 saturated heterocycles. The van der Waals surface area contributed by atoms with Crippen LogP contribution in [0.25, 0.3) is 17.2 Å². The Hall–Kier alpha value is -5.18. The summed E-state index contributed by atoms with van der Waals surface area (Å²) in [4.78, 5) is 37.7. The SMILES string of the molecule is COc1cc(-c2cnn(C)c2)cc(C(C)NC(=O)c2ccccc2CNC(=O)CNC(=O)/C=C/c2ccccc2)c1. The largest absolute Gasteiger partial charge is 0.497 e. The van der Waals surface area contributed by atoms with Gasteiger partial charge in [-0.15, -0.1) is 0 Å². The van der Waals surface area contributed by atoms with E-state index in [0.717, 1.165) is 22.3 Å². The summed E-state index contributed by atoms with van der Waals surface area (Å²) in [5.41, 5.74) is 4.73. The molecular formula is C32H33N5O4. The third kappa shape index (κ3) is 8.15. The minimum atomic E-state index is -0.373. The summed E-state index contributed by atoms with van der Waals surface area (Å²) in [5, 5.41) is 12.6. The van der Waals surface area contributed by atoms with Crippen molar-refractivity contribution in [3.05, 3.63) is 114 Å². The van der Waals surface area contributed by atoms with Crippen LogP contribution < -0.4 is 20.7 Å². The van der Waals surface area contributed by atoms with E-state index in [9.17, 15) is 14.4 Å². The van der Waals surface area contributed by atoms with Crippen LogP contribution in [0.15, 0.2) is 91.3 Å². The molecule has 1 heterocycles. The molecule has 0 fully saturated rings. The molecule has 0 saturated carbocycles. The van der Waals surface area contributed by atoms with Crippen LogP contribution in [-0.4, -0.2) is 41.2 Å². The average molecular weight is 552 g/mol. The number of methoxy groups -OCH3 is 1. The molecule has 1 unspecified atom stereocenters. The number of amides is 3. The molecule has 0 aliphatic carbocycles. The van der Waals surface area contributed by atoms with Crippen LogP contribution in [0.2, 0.25) is 0 Å². The number of nitrogens with zero attached hydrogens (tertiary/aromatic N) is 2. The molecule has 9 nitrogen and oxygen atoms in total. The van der Waals surface area contributed by atoms with Crippen LogP contribution in [0.1, 0.15) is 40.0 Å². The zero-order valence-corrected chi connectivity index (χ0v) is 23.3. The lowest BCUT2D eigenvalue weighted by Gasteiger charge is -2.18. The number of aryl methyl sites for hydroxylation is 1. The van der Waals surface area contributed by atoms with Crippen LogP contribution in [0.5, 0.6) is 5.75 Å². The van der Waals surface area contributed by atoms with Gasteiger partial charge in [-0.1, -0.05) is 48.5 Å². The van der Waals surface area contributed by atoms with Crippen molar-refractivity contribution in [1.82, 2.24) is 25.7 Å². The summed E-state index contributed by atoms with van der Waals surface area (Å²) < 4.78 is 7.22. The third-order valence-electron chi connectivity index (χ3n) is 6.44. The van der Waals surface area contributed by atoms with E-state index in [1.54, 1.807) is 48.3 Å². The smallest absolute Gasteiger partial charge is 0.252 e. The van der Waals surface area contributed by atoms with E-state index in [4.69, 9.17) is 4.74 Å². The van der Waals surface area contributed by atoms with Crippen molar-refractivity contribution in [2.45, 2.75) is 19.5 Å². The van der Waals surface area contributed by atoms with E-state index in [-0.39, 0.29) is 36.9 Å². The lowest BCUT2D eigenvalue weighted by atomic mass is 10.0. The highest BCUT2D eigenvalue weighted by atomic mass is 16.5. The van der Waals surface area contributed by atoms with E-state index in [1.165, 1.54) is 6.08 Å². The molecule has 0 radical (unpaired) electrons. The number of aromatic nitrogens is 2. The molecule has 41 heavy (non-hydrogen) atoms. The van der Waals surface area contributed by atoms with Gasteiger partial charge in [-0.3, -0.25) is 19.1 Å². The molecule has 3 amide bonds. The van der Waals surface area contributed by atoms with Crippen molar-refractivity contribution in [3.63, 3.8) is 0 Å². The Kier molecular flexibility index (Phi) is 9.66. The first-order valence-corrected chi connectivity index (χ1v) is 13.2. The number of hydrogen-bond acceptors (Lipinski definition) is 5. The molecular weight excluding hydrogens is 518 g/mol. The summed E-state index contributed by atoms with van der Waals surface area (Å²) in [5.74, 6) is -0.336. The topological polar surface area (TPSA) is 114 Å². The van der Waals surface area contributed by atoms with Gasteiger partial charge >= 0.3 is 0 Å². The van der Waals surface area contributed by atoms with Crippen LogP contribution in [0, 0.1) is 0 Å². The molecule has 0 aliphatic rings. The first-order valence-electron chi connectivity index (χ1n) is 13.2. The fourth-order valence-electron chi connectivity index (χ4n) is 4.20. The molecule has 1 aromatic heterocycles. The molecule has 4 rings (SSSR count). The molecule has 0 aliphatic heterocycles. The predicted molar refractivity (Wildman–Crippen MR) is 158 cm³/mol. The second kappa shape index (κ2) is 13.7. The first kappa shape index (κ1) is 28.8. The quantitative estimate of drug-likeness (QED) is 0.244. The highest BCUT2D eigenvalue weighted by Crippen LogP contribution is 2.29. The number of nitrogens with one attached hydrogen (secondary N) is 3. The van der Waals surface area contributed by atoms with E-state index in [1.807, 2.05) is 68.7 Å². The summed E-state index contributed by atoms with van der Waals surface area (Å²) in [6.45, 7) is 1.86. The number of benzene rings is 3. The highest BCUT2D eigenvalue weighted by molar-refractivity contribution is 5.96. The Morgan fingerprint density at radius 3 is 2.46 bits per heavy atom. The van der Waals surface area contributed by atoms with Gasteiger partial charge in [0.15, 0.2) is 0 Å². The normalized spacial score (nSPS) is 11.6. The van der Waals surface area contributed by atoms with Crippen LogP contribution in [0.3, 0.4) is 0 Å². The van der Waals surface area contributed by atoms with Gasteiger partial charge in [0.25, 0.3) is 5.91 Å². The molecule has 9 heteroatoms. The predicted octanol–water partition coefficient (Wildman–Crippen LogP) is 4.03. The first-order chi connectivity index (χ1) is 19.8. The van der Waals surface area contributed by atoms with Gasteiger partial charge < -0.3 is 20.7 Å². The van der Waals surface area contributed by atoms with E-state index < -0.39 is 0 Å².